The zero-order chi connectivity index (χ0) is 30.3. The third-order valence-electron chi connectivity index (χ3n) is 7.60. The van der Waals surface area contributed by atoms with Gasteiger partial charge in [-0.1, -0.05) is 62.1 Å². The summed E-state index contributed by atoms with van der Waals surface area (Å²) in [6.07, 6.45) is 9.78. The van der Waals surface area contributed by atoms with Crippen LogP contribution in [0.1, 0.15) is 81.1 Å². The van der Waals surface area contributed by atoms with Crippen molar-refractivity contribution in [2.45, 2.75) is 70.9 Å². The van der Waals surface area contributed by atoms with Crippen LogP contribution in [0, 0.1) is 0 Å². The molecule has 0 aliphatic carbocycles. The number of para-hydroxylation sites is 1. The summed E-state index contributed by atoms with van der Waals surface area (Å²) in [4.78, 5) is 27.4. The van der Waals surface area contributed by atoms with Gasteiger partial charge < -0.3 is 36.7 Å². The lowest BCUT2D eigenvalue weighted by Crippen LogP contribution is -2.48. The van der Waals surface area contributed by atoms with Crippen molar-refractivity contribution in [2.24, 2.45) is 17.2 Å². The first-order valence-corrected chi connectivity index (χ1v) is 15.0. The molecule has 0 aromatic heterocycles. The lowest BCUT2D eigenvalue weighted by atomic mass is 10.1. The number of phenolic OH excluding ortho intramolecular Hbond substituents is 1. The van der Waals surface area contributed by atoms with Gasteiger partial charge in [0.25, 0.3) is 0 Å². The van der Waals surface area contributed by atoms with Crippen molar-refractivity contribution in [3.63, 3.8) is 0 Å². The SMILES string of the molecule is CC(OC(/C=C(\N)c1ccccc1O)=C(N)N)c1cccc(CN2CCN(C(=O)CCCCCCCCC=O)CC2)c1. The smallest absolute Gasteiger partial charge is 0.222 e. The van der Waals surface area contributed by atoms with Crippen LogP contribution in [0.4, 0.5) is 0 Å². The molecule has 1 aliphatic rings. The van der Waals surface area contributed by atoms with E-state index in [1.807, 2.05) is 24.0 Å². The molecule has 1 amide bonds. The second kappa shape index (κ2) is 17.1. The molecule has 0 radical (unpaired) electrons. The molecule has 1 saturated heterocycles. The van der Waals surface area contributed by atoms with Crippen molar-refractivity contribution in [1.29, 1.82) is 0 Å². The van der Waals surface area contributed by atoms with Gasteiger partial charge in [0.15, 0.2) is 5.76 Å². The van der Waals surface area contributed by atoms with Crippen LogP contribution in [0.2, 0.25) is 0 Å². The van der Waals surface area contributed by atoms with Crippen molar-refractivity contribution in [2.75, 3.05) is 26.2 Å². The number of ether oxygens (including phenoxy) is 1. The number of nitrogens with two attached hydrogens (primary N) is 3. The lowest BCUT2D eigenvalue weighted by Gasteiger charge is -2.35. The number of allylic oxidation sites excluding steroid dienone is 1. The normalized spacial score (nSPS) is 14.8. The number of amides is 1. The zero-order valence-electron chi connectivity index (χ0n) is 24.8. The first kappa shape index (κ1) is 32.5. The van der Waals surface area contributed by atoms with Gasteiger partial charge in [-0.2, -0.15) is 0 Å². The number of rotatable bonds is 16. The monoisotopic (exact) mass is 577 g/mol. The van der Waals surface area contributed by atoms with Gasteiger partial charge in [0.1, 0.15) is 24.0 Å². The van der Waals surface area contributed by atoms with E-state index < -0.39 is 0 Å². The summed E-state index contributed by atoms with van der Waals surface area (Å²) in [6.45, 7) is 5.88. The number of hydrogen-bond donors (Lipinski definition) is 4. The van der Waals surface area contributed by atoms with E-state index in [1.54, 1.807) is 24.3 Å². The molecule has 1 fully saturated rings. The Kier molecular flexibility index (Phi) is 13.2. The van der Waals surface area contributed by atoms with E-state index in [1.165, 1.54) is 6.08 Å². The summed E-state index contributed by atoms with van der Waals surface area (Å²) < 4.78 is 6.11. The molecule has 0 spiro atoms. The number of piperazine rings is 1. The number of aldehydes is 1. The van der Waals surface area contributed by atoms with E-state index in [4.69, 9.17) is 21.9 Å². The van der Waals surface area contributed by atoms with E-state index in [2.05, 4.69) is 17.0 Å². The predicted octanol–water partition coefficient (Wildman–Crippen LogP) is 4.52. The average Bonchev–Trinajstić information content (AvgIpc) is 2.98. The Labute approximate surface area is 250 Å². The Morgan fingerprint density at radius 2 is 1.64 bits per heavy atom. The predicted molar refractivity (Wildman–Crippen MR) is 166 cm³/mol. The minimum atomic E-state index is -0.346. The van der Waals surface area contributed by atoms with Gasteiger partial charge in [0.05, 0.1) is 0 Å². The molecule has 42 heavy (non-hydrogen) atoms. The Bertz CT molecular complexity index is 1220. The van der Waals surface area contributed by atoms with E-state index >= 15 is 0 Å². The molecule has 1 unspecified atom stereocenters. The average molecular weight is 578 g/mol. The van der Waals surface area contributed by atoms with E-state index in [9.17, 15) is 14.7 Å². The van der Waals surface area contributed by atoms with E-state index in [-0.39, 0.29) is 35.0 Å². The third-order valence-corrected chi connectivity index (χ3v) is 7.60. The zero-order valence-corrected chi connectivity index (χ0v) is 24.8. The molecule has 2 aromatic carbocycles. The van der Waals surface area contributed by atoms with Gasteiger partial charge in [-0.15, -0.1) is 0 Å². The molecule has 9 nitrogen and oxygen atoms in total. The van der Waals surface area contributed by atoms with Crippen molar-refractivity contribution >= 4 is 17.9 Å². The molecule has 9 heteroatoms. The standard InChI is InChI=1S/C33H47N5O4/c1-25(42-31(33(35)36)23-29(34)28-14-8-9-15-30(28)40)27-13-11-12-26(22-27)24-37-17-19-38(20-18-37)32(41)16-7-5-3-2-4-6-10-21-39/h8-9,11-15,21-23,25,40H,2-7,10,16-20,24,34-36H2,1H3/b29-23-. The molecule has 0 bridgehead atoms. The highest BCUT2D eigenvalue weighted by atomic mass is 16.5. The fourth-order valence-electron chi connectivity index (χ4n) is 5.11. The van der Waals surface area contributed by atoms with Crippen molar-refractivity contribution in [3.05, 3.63) is 82.9 Å². The molecule has 7 N–H and O–H groups in total. The highest BCUT2D eigenvalue weighted by molar-refractivity contribution is 5.76. The summed E-state index contributed by atoms with van der Waals surface area (Å²) in [5.41, 5.74) is 20.9. The maximum Gasteiger partial charge on any atom is 0.222 e. The summed E-state index contributed by atoms with van der Waals surface area (Å²) in [6, 6.07) is 15.0. The van der Waals surface area contributed by atoms with Crippen LogP contribution < -0.4 is 17.2 Å². The first-order valence-electron chi connectivity index (χ1n) is 15.0. The molecule has 0 saturated carbocycles. The van der Waals surface area contributed by atoms with Gasteiger partial charge >= 0.3 is 0 Å². The molecule has 1 heterocycles. The fraction of sp³-hybridized carbons (Fsp3) is 0.455. The summed E-state index contributed by atoms with van der Waals surface area (Å²) in [5.74, 6) is 0.546. The van der Waals surface area contributed by atoms with Crippen LogP contribution in [0.5, 0.6) is 5.75 Å². The van der Waals surface area contributed by atoms with Crippen LogP contribution >= 0.6 is 0 Å². The number of hydrogen-bond acceptors (Lipinski definition) is 8. The highest BCUT2D eigenvalue weighted by Gasteiger charge is 2.21. The molecule has 3 rings (SSSR count). The van der Waals surface area contributed by atoms with Crippen molar-refractivity contribution < 1.29 is 19.4 Å². The van der Waals surface area contributed by atoms with E-state index in [0.717, 1.165) is 88.7 Å². The van der Waals surface area contributed by atoms with Crippen LogP contribution in [0.25, 0.3) is 5.70 Å². The Hall–Kier alpha value is -3.98. The Morgan fingerprint density at radius 1 is 0.952 bits per heavy atom. The maximum atomic E-state index is 12.7. The number of phenols is 1. The molecule has 2 aromatic rings. The number of carbonyl (C=O) groups is 2. The highest BCUT2D eigenvalue weighted by Crippen LogP contribution is 2.26. The molecular formula is C33H47N5O4. The first-order chi connectivity index (χ1) is 20.3. The quantitative estimate of drug-likeness (QED) is 0.0985. The van der Waals surface area contributed by atoms with E-state index in [0.29, 0.717) is 18.4 Å². The van der Waals surface area contributed by atoms with Crippen LogP contribution in [-0.2, 0) is 20.9 Å². The fourth-order valence-corrected chi connectivity index (χ4v) is 5.11. The van der Waals surface area contributed by atoms with Gasteiger partial charge in [-0.3, -0.25) is 9.69 Å². The second-order valence-electron chi connectivity index (χ2n) is 10.9. The Balaban J connectivity index is 1.46. The number of nitrogens with zero attached hydrogens (tertiary/aromatic N) is 2. The summed E-state index contributed by atoms with van der Waals surface area (Å²) >= 11 is 0. The van der Waals surface area contributed by atoms with Crippen molar-refractivity contribution in [3.8, 4) is 5.75 Å². The molecular weight excluding hydrogens is 530 g/mol. The topological polar surface area (TPSA) is 148 Å². The lowest BCUT2D eigenvalue weighted by molar-refractivity contribution is -0.133. The van der Waals surface area contributed by atoms with Crippen molar-refractivity contribution in [1.82, 2.24) is 9.80 Å². The molecule has 1 atom stereocenters. The molecule has 1 aliphatic heterocycles. The van der Waals surface area contributed by atoms with Gasteiger partial charge in [0, 0.05) is 62.9 Å². The Morgan fingerprint density at radius 3 is 2.33 bits per heavy atom. The maximum absolute atomic E-state index is 12.7. The minimum Gasteiger partial charge on any atom is -0.507 e. The van der Waals surface area contributed by atoms with Crippen LogP contribution in [-0.4, -0.2) is 53.3 Å². The summed E-state index contributed by atoms with van der Waals surface area (Å²) in [7, 11) is 0. The molecule has 228 valence electrons. The number of carbonyl (C=O) groups excluding carboxylic acids is 2. The van der Waals surface area contributed by atoms with Gasteiger partial charge in [0.2, 0.25) is 5.91 Å². The summed E-state index contributed by atoms with van der Waals surface area (Å²) in [5, 5.41) is 10.1. The van der Waals surface area contributed by atoms with Gasteiger partial charge in [-0.25, -0.2) is 0 Å². The minimum absolute atomic E-state index is 0.00474. The second-order valence-corrected chi connectivity index (χ2v) is 10.9. The largest absolute Gasteiger partial charge is 0.507 e. The van der Waals surface area contributed by atoms with Gasteiger partial charge in [-0.05, 0) is 43.0 Å². The van der Waals surface area contributed by atoms with Crippen LogP contribution in [0.15, 0.2) is 66.2 Å². The number of aromatic hydroxyl groups is 1. The third kappa shape index (κ3) is 10.4. The van der Waals surface area contributed by atoms with Crippen LogP contribution in [0.3, 0.4) is 0 Å². The number of unbranched alkanes of at least 4 members (excludes halogenated alkanes) is 6. The number of benzene rings is 2.